The van der Waals surface area contributed by atoms with Crippen molar-refractivity contribution in [1.29, 1.82) is 0 Å². The summed E-state index contributed by atoms with van der Waals surface area (Å²) in [6.07, 6.45) is 3.15. The minimum absolute atomic E-state index is 0.0204. The maximum atomic E-state index is 11.5. The third-order valence-corrected chi connectivity index (χ3v) is 4.23. The van der Waals surface area contributed by atoms with Crippen LogP contribution in [0.15, 0.2) is 66.3 Å². The van der Waals surface area contributed by atoms with Gasteiger partial charge in [-0.15, -0.1) is 0 Å². The van der Waals surface area contributed by atoms with Gasteiger partial charge in [0.2, 0.25) is 0 Å². The summed E-state index contributed by atoms with van der Waals surface area (Å²) in [6.45, 7) is 0. The van der Waals surface area contributed by atoms with Crippen molar-refractivity contribution in [1.82, 2.24) is 0 Å². The zero-order valence-corrected chi connectivity index (χ0v) is 13.7. The van der Waals surface area contributed by atoms with Gasteiger partial charge in [0.15, 0.2) is 0 Å². The van der Waals surface area contributed by atoms with Crippen molar-refractivity contribution in [3.05, 3.63) is 82.9 Å². The van der Waals surface area contributed by atoms with Crippen molar-refractivity contribution < 1.29 is 14.3 Å². The molecule has 1 atom stereocenters. The average molecular weight is 321 g/mol. The van der Waals surface area contributed by atoms with Gasteiger partial charge < -0.3 is 15.2 Å². The number of ether oxygens (including phenoxy) is 2. The Bertz CT molecular complexity index is 819. The zero-order valence-electron chi connectivity index (χ0n) is 13.7. The Morgan fingerprint density at radius 2 is 1.79 bits per heavy atom. The summed E-state index contributed by atoms with van der Waals surface area (Å²) in [5, 5.41) is 0. The Kier molecular flexibility index (Phi) is 4.38. The van der Waals surface area contributed by atoms with Gasteiger partial charge in [0.25, 0.3) is 0 Å². The van der Waals surface area contributed by atoms with Crippen LogP contribution in [0.4, 0.5) is 0 Å². The summed E-state index contributed by atoms with van der Waals surface area (Å²) < 4.78 is 9.92. The lowest BCUT2D eigenvalue weighted by Gasteiger charge is -2.15. The summed E-state index contributed by atoms with van der Waals surface area (Å²) in [5.41, 5.74) is 11.2. The van der Waals surface area contributed by atoms with Crippen molar-refractivity contribution in [3.63, 3.8) is 0 Å². The van der Waals surface area contributed by atoms with Crippen LogP contribution in [0, 0.1) is 0 Å². The Labute approximate surface area is 141 Å². The van der Waals surface area contributed by atoms with Crippen LogP contribution in [0.2, 0.25) is 0 Å². The molecule has 3 rings (SSSR count). The Morgan fingerprint density at radius 3 is 2.46 bits per heavy atom. The van der Waals surface area contributed by atoms with Crippen LogP contribution in [-0.2, 0) is 9.53 Å². The number of nitrogens with two attached hydrogens (primary N) is 1. The van der Waals surface area contributed by atoms with Crippen molar-refractivity contribution in [2.45, 2.75) is 5.92 Å². The first kappa shape index (κ1) is 15.9. The number of allylic oxidation sites excluding steroid dienone is 2. The summed E-state index contributed by atoms with van der Waals surface area (Å²) in [5.74, 6) is 0.376. The molecule has 0 saturated heterocycles. The molecule has 0 amide bonds. The van der Waals surface area contributed by atoms with Gasteiger partial charge in [0.1, 0.15) is 5.75 Å². The van der Waals surface area contributed by atoms with E-state index in [1.807, 2.05) is 42.5 Å². The van der Waals surface area contributed by atoms with E-state index < -0.39 is 5.97 Å². The molecule has 0 spiro atoms. The van der Waals surface area contributed by atoms with E-state index in [2.05, 4.69) is 10.8 Å². The van der Waals surface area contributed by atoms with E-state index in [1.54, 1.807) is 13.2 Å². The minimum Gasteiger partial charge on any atom is -0.497 e. The van der Waals surface area contributed by atoms with Gasteiger partial charge in [-0.1, -0.05) is 36.4 Å². The van der Waals surface area contributed by atoms with Crippen molar-refractivity contribution in [2.24, 2.45) is 5.73 Å². The third kappa shape index (κ3) is 2.78. The fourth-order valence-corrected chi connectivity index (χ4v) is 3.04. The maximum Gasteiger partial charge on any atom is 0.330 e. The van der Waals surface area contributed by atoms with E-state index in [0.29, 0.717) is 5.70 Å². The summed E-state index contributed by atoms with van der Waals surface area (Å²) in [4.78, 5) is 11.5. The Hall–Kier alpha value is -3.01. The van der Waals surface area contributed by atoms with Crippen molar-refractivity contribution in [3.8, 4) is 5.75 Å². The maximum absolute atomic E-state index is 11.5. The lowest BCUT2D eigenvalue weighted by molar-refractivity contribution is -0.134. The number of fused-ring (bicyclic) bond motifs is 1. The molecule has 24 heavy (non-hydrogen) atoms. The van der Waals surface area contributed by atoms with Gasteiger partial charge in [0.05, 0.1) is 14.2 Å². The van der Waals surface area contributed by atoms with Crippen LogP contribution < -0.4 is 10.5 Å². The number of methoxy groups -OCH3 is 2. The number of hydrogen-bond acceptors (Lipinski definition) is 4. The molecule has 1 unspecified atom stereocenters. The highest BCUT2D eigenvalue weighted by Crippen LogP contribution is 2.44. The molecule has 2 aromatic carbocycles. The van der Waals surface area contributed by atoms with Crippen LogP contribution in [-0.4, -0.2) is 20.2 Å². The molecule has 2 N–H and O–H groups in total. The molecule has 0 bridgehead atoms. The smallest absolute Gasteiger partial charge is 0.330 e. The van der Waals surface area contributed by atoms with Crippen LogP contribution in [0.25, 0.3) is 5.70 Å². The van der Waals surface area contributed by atoms with Crippen LogP contribution in [0.3, 0.4) is 0 Å². The van der Waals surface area contributed by atoms with E-state index in [-0.39, 0.29) is 5.92 Å². The highest BCUT2D eigenvalue weighted by molar-refractivity contribution is 5.86. The van der Waals surface area contributed by atoms with Crippen LogP contribution in [0.1, 0.15) is 22.6 Å². The van der Waals surface area contributed by atoms with Crippen LogP contribution in [0.5, 0.6) is 5.75 Å². The fourth-order valence-electron chi connectivity index (χ4n) is 3.04. The van der Waals surface area contributed by atoms with E-state index in [0.717, 1.165) is 28.0 Å². The second-order valence-corrected chi connectivity index (χ2v) is 5.52. The monoisotopic (exact) mass is 321 g/mol. The summed E-state index contributed by atoms with van der Waals surface area (Å²) in [7, 11) is 3.00. The average Bonchev–Trinajstić information content (AvgIpc) is 2.92. The quantitative estimate of drug-likeness (QED) is 0.694. The lowest BCUT2D eigenvalue weighted by atomic mass is 9.88. The highest BCUT2D eigenvalue weighted by atomic mass is 16.5. The topological polar surface area (TPSA) is 61.5 Å². The van der Waals surface area contributed by atoms with Gasteiger partial charge in [-0.2, -0.15) is 0 Å². The number of esters is 1. The van der Waals surface area contributed by atoms with Gasteiger partial charge in [0, 0.05) is 23.3 Å². The Balaban J connectivity index is 2.08. The predicted molar refractivity (Wildman–Crippen MR) is 93.5 cm³/mol. The number of rotatable bonds is 4. The molecule has 0 saturated carbocycles. The first-order chi connectivity index (χ1) is 11.7. The summed E-state index contributed by atoms with van der Waals surface area (Å²) >= 11 is 0. The molecule has 0 heterocycles. The Morgan fingerprint density at radius 1 is 1.08 bits per heavy atom. The van der Waals surface area contributed by atoms with Gasteiger partial charge in [-0.25, -0.2) is 4.79 Å². The molecular formula is C20H19NO3. The molecule has 0 fully saturated rings. The number of carbonyl (C=O) groups is 1. The lowest BCUT2D eigenvalue weighted by Crippen LogP contribution is -2.02. The summed E-state index contributed by atoms with van der Waals surface area (Å²) in [6, 6.07) is 15.9. The van der Waals surface area contributed by atoms with E-state index in [1.165, 1.54) is 13.2 Å². The molecule has 0 aromatic heterocycles. The number of benzene rings is 2. The third-order valence-electron chi connectivity index (χ3n) is 4.23. The number of hydrogen-bond donors (Lipinski definition) is 1. The predicted octanol–water partition coefficient (Wildman–Crippen LogP) is 3.24. The molecule has 0 radical (unpaired) electrons. The SMILES string of the molecule is COC(=O)/C=C/C1=C(N)c2ccccc2C1c1ccc(OC)cc1. The largest absolute Gasteiger partial charge is 0.497 e. The molecular weight excluding hydrogens is 302 g/mol. The second kappa shape index (κ2) is 6.62. The number of carbonyl (C=O) groups excluding carboxylic acids is 1. The highest BCUT2D eigenvalue weighted by Gasteiger charge is 2.29. The van der Waals surface area contributed by atoms with E-state index in [9.17, 15) is 4.79 Å². The molecule has 2 aromatic rings. The molecule has 1 aliphatic rings. The second-order valence-electron chi connectivity index (χ2n) is 5.52. The van der Waals surface area contributed by atoms with Gasteiger partial charge in [-0.05, 0) is 34.9 Å². The van der Waals surface area contributed by atoms with Gasteiger partial charge >= 0.3 is 5.97 Å². The molecule has 1 aliphatic carbocycles. The van der Waals surface area contributed by atoms with Gasteiger partial charge in [-0.3, -0.25) is 0 Å². The van der Waals surface area contributed by atoms with Crippen LogP contribution >= 0.6 is 0 Å². The van der Waals surface area contributed by atoms with Crippen molar-refractivity contribution >= 4 is 11.7 Å². The standard InChI is InChI=1S/C20H19NO3/c1-23-14-9-7-13(8-10-14)19-15-5-3-4-6-16(15)20(21)17(19)11-12-18(22)24-2/h3-12,19H,21H2,1-2H3/b12-11+. The molecule has 122 valence electrons. The first-order valence-electron chi connectivity index (χ1n) is 7.64. The molecule has 4 nitrogen and oxygen atoms in total. The minimum atomic E-state index is -0.403. The zero-order chi connectivity index (χ0) is 17.1. The molecule has 4 heteroatoms. The van der Waals surface area contributed by atoms with Crippen molar-refractivity contribution in [2.75, 3.05) is 14.2 Å². The normalized spacial score (nSPS) is 16.3. The van der Waals surface area contributed by atoms with E-state index >= 15 is 0 Å². The first-order valence-corrected chi connectivity index (χ1v) is 7.64. The van der Waals surface area contributed by atoms with E-state index in [4.69, 9.17) is 10.5 Å². The molecule has 0 aliphatic heterocycles. The fraction of sp³-hybridized carbons (Fsp3) is 0.150.